The highest BCUT2D eigenvalue weighted by Gasteiger charge is 2.38. The quantitative estimate of drug-likeness (QED) is 0.639. The van der Waals surface area contributed by atoms with Crippen LogP contribution in [0.3, 0.4) is 0 Å². The van der Waals surface area contributed by atoms with Crippen LogP contribution in [0.4, 0.5) is 0 Å². The van der Waals surface area contributed by atoms with Crippen molar-refractivity contribution >= 4 is 21.7 Å². The smallest absolute Gasteiger partial charge is 0.359 e. The summed E-state index contributed by atoms with van der Waals surface area (Å²) < 4.78 is 29.9. The first kappa shape index (κ1) is 20.5. The number of hydrogen-bond donors (Lipinski definition) is 0. The van der Waals surface area contributed by atoms with Gasteiger partial charge in [-0.2, -0.15) is 5.10 Å². The first-order valence-corrected chi connectivity index (χ1v) is 11.3. The minimum absolute atomic E-state index is 0.0195. The number of esters is 1. The Kier molecular flexibility index (Phi) is 6.17. The molecule has 0 aromatic carbocycles. The van der Waals surface area contributed by atoms with Gasteiger partial charge >= 0.3 is 5.97 Å². The van der Waals surface area contributed by atoms with Gasteiger partial charge in [-0.1, -0.05) is 19.3 Å². The minimum atomic E-state index is -3.14. The zero-order chi connectivity index (χ0) is 20.3. The van der Waals surface area contributed by atoms with Crippen molar-refractivity contribution in [2.75, 3.05) is 18.1 Å². The predicted molar refractivity (Wildman–Crippen MR) is 101 cm³/mol. The molecule has 0 radical (unpaired) electrons. The molecule has 0 N–H and O–H groups in total. The fourth-order valence-corrected chi connectivity index (χ4v) is 5.66. The van der Waals surface area contributed by atoms with Crippen LogP contribution in [0.2, 0.25) is 0 Å². The number of nitrogens with zero attached hydrogens (tertiary/aromatic N) is 3. The number of carbonyl (C=O) groups excluding carboxylic acids is 2. The SMILES string of the molecule is Cn1nc(C(=O)OCC(=O)N(C2CCCCC2)C2CCS(=O)(=O)C2)ccc1=O. The van der Waals surface area contributed by atoms with Gasteiger partial charge < -0.3 is 9.64 Å². The van der Waals surface area contributed by atoms with E-state index in [9.17, 15) is 22.8 Å². The first-order valence-electron chi connectivity index (χ1n) is 9.50. The van der Waals surface area contributed by atoms with Crippen LogP contribution >= 0.6 is 0 Å². The Morgan fingerprint density at radius 2 is 1.89 bits per heavy atom. The lowest BCUT2D eigenvalue weighted by atomic mass is 9.93. The van der Waals surface area contributed by atoms with Gasteiger partial charge in [0.1, 0.15) is 0 Å². The Labute approximate surface area is 163 Å². The van der Waals surface area contributed by atoms with Crippen molar-refractivity contribution in [2.45, 2.75) is 50.6 Å². The lowest BCUT2D eigenvalue weighted by Crippen LogP contribution is -2.50. The van der Waals surface area contributed by atoms with Crippen LogP contribution < -0.4 is 5.56 Å². The molecule has 9 nitrogen and oxygen atoms in total. The molecule has 2 heterocycles. The number of sulfone groups is 1. The van der Waals surface area contributed by atoms with E-state index in [-0.39, 0.29) is 40.7 Å². The average molecular weight is 411 g/mol. The lowest BCUT2D eigenvalue weighted by molar-refractivity contribution is -0.140. The molecule has 2 fully saturated rings. The van der Waals surface area contributed by atoms with E-state index in [1.807, 2.05) is 0 Å². The molecule has 0 spiro atoms. The van der Waals surface area contributed by atoms with E-state index in [0.29, 0.717) is 6.42 Å². The monoisotopic (exact) mass is 411 g/mol. The third kappa shape index (κ3) is 4.78. The Morgan fingerprint density at radius 3 is 2.50 bits per heavy atom. The lowest BCUT2D eigenvalue weighted by Gasteiger charge is -2.38. The maximum absolute atomic E-state index is 12.9. The van der Waals surface area contributed by atoms with E-state index in [1.165, 1.54) is 19.2 Å². The molecule has 1 atom stereocenters. The van der Waals surface area contributed by atoms with Gasteiger partial charge in [-0.3, -0.25) is 9.59 Å². The summed E-state index contributed by atoms with van der Waals surface area (Å²) >= 11 is 0. The van der Waals surface area contributed by atoms with E-state index in [1.54, 1.807) is 4.90 Å². The number of aryl methyl sites for hydroxylation is 1. The molecule has 1 saturated carbocycles. The Morgan fingerprint density at radius 1 is 1.18 bits per heavy atom. The van der Waals surface area contributed by atoms with Crippen molar-refractivity contribution in [2.24, 2.45) is 7.05 Å². The van der Waals surface area contributed by atoms with E-state index in [4.69, 9.17) is 4.74 Å². The molecule has 1 unspecified atom stereocenters. The largest absolute Gasteiger partial charge is 0.451 e. The summed E-state index contributed by atoms with van der Waals surface area (Å²) in [6.07, 6.45) is 5.18. The van der Waals surface area contributed by atoms with Crippen LogP contribution in [-0.4, -0.2) is 65.2 Å². The second-order valence-corrected chi connectivity index (χ2v) is 9.63. The van der Waals surface area contributed by atoms with Gasteiger partial charge in [0.2, 0.25) is 0 Å². The summed E-state index contributed by atoms with van der Waals surface area (Å²) in [5, 5.41) is 3.81. The van der Waals surface area contributed by atoms with Crippen molar-refractivity contribution in [3.8, 4) is 0 Å². The van der Waals surface area contributed by atoms with Crippen LogP contribution in [0.5, 0.6) is 0 Å². The van der Waals surface area contributed by atoms with Crippen LogP contribution in [-0.2, 0) is 26.4 Å². The average Bonchev–Trinajstić information content (AvgIpc) is 3.02. The fraction of sp³-hybridized carbons (Fsp3) is 0.667. The van der Waals surface area contributed by atoms with Gasteiger partial charge in [-0.05, 0) is 25.3 Å². The van der Waals surface area contributed by atoms with Crippen LogP contribution in [0.25, 0.3) is 0 Å². The number of amides is 1. The van der Waals surface area contributed by atoms with E-state index in [2.05, 4.69) is 5.10 Å². The summed E-state index contributed by atoms with van der Waals surface area (Å²) in [5.74, 6) is -1.14. The normalized spacial score (nSPS) is 22.0. The molecule has 3 rings (SSSR count). The zero-order valence-electron chi connectivity index (χ0n) is 15.9. The van der Waals surface area contributed by atoms with Crippen LogP contribution in [0, 0.1) is 0 Å². The predicted octanol–water partition coefficient (Wildman–Crippen LogP) is 0.286. The number of hydrogen-bond acceptors (Lipinski definition) is 7. The van der Waals surface area contributed by atoms with E-state index >= 15 is 0 Å². The summed E-state index contributed by atoms with van der Waals surface area (Å²) in [7, 11) is -1.73. The van der Waals surface area contributed by atoms with Gasteiger partial charge in [0.25, 0.3) is 11.5 Å². The second kappa shape index (κ2) is 8.42. The maximum Gasteiger partial charge on any atom is 0.359 e. The molecule has 28 heavy (non-hydrogen) atoms. The van der Waals surface area contributed by atoms with Gasteiger partial charge in [-0.25, -0.2) is 17.9 Å². The molecule has 1 aromatic rings. The summed E-state index contributed by atoms with van der Waals surface area (Å²) in [4.78, 5) is 38.1. The standard InChI is InChI=1S/C18H25N3O6S/c1-20-16(22)8-7-15(19-20)18(24)27-11-17(23)21(13-5-3-2-4-6-13)14-9-10-28(25,26)12-14/h7-8,13-14H,2-6,9-12H2,1H3. The molecule has 1 aliphatic carbocycles. The molecule has 2 aliphatic rings. The topological polar surface area (TPSA) is 116 Å². The number of rotatable bonds is 5. The Bertz CT molecular complexity index is 904. The highest BCUT2D eigenvalue weighted by atomic mass is 32.2. The second-order valence-electron chi connectivity index (χ2n) is 7.41. The summed E-state index contributed by atoms with van der Waals surface area (Å²) in [5.41, 5.74) is -0.430. The zero-order valence-corrected chi connectivity index (χ0v) is 16.7. The van der Waals surface area contributed by atoms with Crippen LogP contribution in [0.15, 0.2) is 16.9 Å². The Balaban J connectivity index is 1.69. The first-order chi connectivity index (χ1) is 13.3. The van der Waals surface area contributed by atoms with E-state index in [0.717, 1.165) is 36.8 Å². The van der Waals surface area contributed by atoms with Gasteiger partial charge in [0.15, 0.2) is 22.1 Å². The number of ether oxygens (including phenoxy) is 1. The molecule has 154 valence electrons. The molecule has 1 amide bonds. The van der Waals surface area contributed by atoms with Gasteiger partial charge in [0, 0.05) is 25.2 Å². The molecule has 1 aliphatic heterocycles. The molecule has 0 bridgehead atoms. The van der Waals surface area contributed by atoms with Crippen molar-refractivity contribution < 1.29 is 22.7 Å². The van der Waals surface area contributed by atoms with Gasteiger partial charge in [0.05, 0.1) is 11.5 Å². The van der Waals surface area contributed by atoms with Crippen molar-refractivity contribution in [1.29, 1.82) is 0 Å². The molecule has 1 saturated heterocycles. The number of carbonyl (C=O) groups is 2. The summed E-state index contributed by atoms with van der Waals surface area (Å²) in [6, 6.07) is 2.06. The van der Waals surface area contributed by atoms with Gasteiger partial charge in [-0.15, -0.1) is 0 Å². The molecule has 10 heteroatoms. The fourth-order valence-electron chi connectivity index (χ4n) is 3.95. The third-order valence-corrected chi connectivity index (χ3v) is 7.10. The molecular weight excluding hydrogens is 386 g/mol. The molecular formula is C18H25N3O6S. The summed E-state index contributed by atoms with van der Waals surface area (Å²) in [6.45, 7) is -0.476. The minimum Gasteiger partial charge on any atom is -0.451 e. The van der Waals surface area contributed by atoms with Crippen LogP contribution in [0.1, 0.15) is 49.0 Å². The van der Waals surface area contributed by atoms with Crippen molar-refractivity contribution in [3.05, 3.63) is 28.2 Å². The van der Waals surface area contributed by atoms with E-state index < -0.39 is 22.4 Å². The third-order valence-electron chi connectivity index (χ3n) is 5.35. The highest BCUT2D eigenvalue weighted by Crippen LogP contribution is 2.28. The highest BCUT2D eigenvalue weighted by molar-refractivity contribution is 7.91. The molecule has 1 aromatic heterocycles. The Hall–Kier alpha value is -2.23. The number of aromatic nitrogens is 2. The van der Waals surface area contributed by atoms with Crippen molar-refractivity contribution in [1.82, 2.24) is 14.7 Å². The maximum atomic E-state index is 12.9. The van der Waals surface area contributed by atoms with Crippen molar-refractivity contribution in [3.63, 3.8) is 0 Å².